The van der Waals surface area contributed by atoms with Crippen LogP contribution in [0.2, 0.25) is 0 Å². The fraction of sp³-hybridized carbons (Fsp3) is 0.500. The van der Waals surface area contributed by atoms with Gasteiger partial charge in [0.25, 0.3) is 0 Å². The zero-order chi connectivity index (χ0) is 14.9. The van der Waals surface area contributed by atoms with E-state index in [1.54, 1.807) is 0 Å². The Bertz CT molecular complexity index is 629. The molecule has 0 radical (unpaired) electrons. The van der Waals surface area contributed by atoms with Crippen LogP contribution in [-0.4, -0.2) is 24.5 Å². The highest BCUT2D eigenvalue weighted by molar-refractivity contribution is 7.89. The maximum atomic E-state index is 12.2. The first-order valence-electron chi connectivity index (χ1n) is 6.31. The normalized spacial score (nSPS) is 22.9. The molecular formula is C12H16N2O5S. The fourth-order valence-corrected chi connectivity index (χ4v) is 3.80. The summed E-state index contributed by atoms with van der Waals surface area (Å²) in [4.78, 5) is 9.71. The molecule has 1 aromatic rings. The third kappa shape index (κ3) is 2.91. The molecule has 1 aromatic carbocycles. The standard InChI is InChI=1S/C12H16N2O5S/c1-8-3-2-4-10(8)13-20(18,19)9-5-6-12(15)11(7-9)14(16)17/h5-8,10,13,15H,2-4H2,1H3. The van der Waals surface area contributed by atoms with Gasteiger partial charge < -0.3 is 5.11 Å². The van der Waals surface area contributed by atoms with Crippen LogP contribution in [0.25, 0.3) is 0 Å². The first-order chi connectivity index (χ1) is 9.31. The number of rotatable bonds is 4. The molecule has 1 aliphatic rings. The van der Waals surface area contributed by atoms with E-state index in [9.17, 15) is 23.6 Å². The minimum absolute atomic E-state index is 0.146. The summed E-state index contributed by atoms with van der Waals surface area (Å²) in [6, 6.07) is 2.90. The van der Waals surface area contributed by atoms with E-state index in [-0.39, 0.29) is 16.9 Å². The Morgan fingerprint density at radius 3 is 2.65 bits per heavy atom. The lowest BCUT2D eigenvalue weighted by molar-refractivity contribution is -0.386. The van der Waals surface area contributed by atoms with E-state index in [4.69, 9.17) is 0 Å². The molecule has 0 spiro atoms. The number of sulfonamides is 1. The van der Waals surface area contributed by atoms with Crippen LogP contribution in [0.15, 0.2) is 23.1 Å². The summed E-state index contributed by atoms with van der Waals surface area (Å²) in [6.07, 6.45) is 2.69. The van der Waals surface area contributed by atoms with Gasteiger partial charge in [0, 0.05) is 12.1 Å². The molecule has 110 valence electrons. The van der Waals surface area contributed by atoms with Gasteiger partial charge in [0.2, 0.25) is 10.0 Å². The highest BCUT2D eigenvalue weighted by Gasteiger charge is 2.29. The number of phenols is 1. The Balaban J connectivity index is 2.30. The van der Waals surface area contributed by atoms with Crippen molar-refractivity contribution in [3.05, 3.63) is 28.3 Å². The maximum absolute atomic E-state index is 12.2. The van der Waals surface area contributed by atoms with Crippen molar-refractivity contribution in [1.29, 1.82) is 0 Å². The van der Waals surface area contributed by atoms with E-state index in [0.717, 1.165) is 37.5 Å². The quantitative estimate of drug-likeness (QED) is 0.650. The van der Waals surface area contributed by atoms with Crippen molar-refractivity contribution in [2.45, 2.75) is 37.1 Å². The van der Waals surface area contributed by atoms with Gasteiger partial charge in [-0.05, 0) is 30.9 Å². The van der Waals surface area contributed by atoms with Gasteiger partial charge in [0.15, 0.2) is 5.75 Å². The molecule has 0 aliphatic heterocycles. The zero-order valence-electron chi connectivity index (χ0n) is 10.9. The van der Waals surface area contributed by atoms with Crippen LogP contribution in [0.5, 0.6) is 5.75 Å². The molecule has 1 fully saturated rings. The van der Waals surface area contributed by atoms with Crippen molar-refractivity contribution in [1.82, 2.24) is 4.72 Å². The summed E-state index contributed by atoms with van der Waals surface area (Å²) >= 11 is 0. The predicted octanol–water partition coefficient (Wildman–Crippen LogP) is 1.77. The number of hydrogen-bond acceptors (Lipinski definition) is 5. The minimum Gasteiger partial charge on any atom is -0.502 e. The Morgan fingerprint density at radius 1 is 1.40 bits per heavy atom. The molecule has 0 saturated heterocycles. The van der Waals surface area contributed by atoms with E-state index in [0.29, 0.717) is 0 Å². The molecule has 2 N–H and O–H groups in total. The lowest BCUT2D eigenvalue weighted by atomic mass is 10.1. The molecule has 2 atom stereocenters. The van der Waals surface area contributed by atoms with Gasteiger partial charge in [0.05, 0.1) is 9.82 Å². The number of nitrogens with zero attached hydrogens (tertiary/aromatic N) is 1. The van der Waals surface area contributed by atoms with Crippen molar-refractivity contribution in [2.24, 2.45) is 5.92 Å². The van der Waals surface area contributed by atoms with E-state index < -0.39 is 26.4 Å². The second kappa shape index (κ2) is 5.37. The van der Waals surface area contributed by atoms with Crippen molar-refractivity contribution >= 4 is 15.7 Å². The number of nitro benzene ring substituents is 1. The van der Waals surface area contributed by atoms with E-state index in [1.807, 2.05) is 6.92 Å². The van der Waals surface area contributed by atoms with Crippen LogP contribution in [0.4, 0.5) is 5.69 Å². The second-order valence-electron chi connectivity index (χ2n) is 5.04. The summed E-state index contributed by atoms with van der Waals surface area (Å²) in [6.45, 7) is 1.97. The Morgan fingerprint density at radius 2 is 2.10 bits per heavy atom. The zero-order valence-corrected chi connectivity index (χ0v) is 11.8. The molecule has 0 heterocycles. The number of nitro groups is 1. The molecule has 8 heteroatoms. The lowest BCUT2D eigenvalue weighted by Crippen LogP contribution is -2.36. The number of benzene rings is 1. The molecule has 7 nitrogen and oxygen atoms in total. The minimum atomic E-state index is -3.81. The van der Waals surface area contributed by atoms with Crippen molar-refractivity contribution in [3.63, 3.8) is 0 Å². The maximum Gasteiger partial charge on any atom is 0.312 e. The first-order valence-corrected chi connectivity index (χ1v) is 7.79. The molecular weight excluding hydrogens is 284 g/mol. The lowest BCUT2D eigenvalue weighted by Gasteiger charge is -2.17. The molecule has 0 bridgehead atoms. The van der Waals surface area contributed by atoms with Gasteiger partial charge in [-0.25, -0.2) is 13.1 Å². The number of aromatic hydroxyl groups is 1. The third-order valence-electron chi connectivity index (χ3n) is 3.62. The van der Waals surface area contributed by atoms with Crippen molar-refractivity contribution in [3.8, 4) is 5.75 Å². The van der Waals surface area contributed by atoms with Crippen LogP contribution in [-0.2, 0) is 10.0 Å². The Hall–Kier alpha value is -1.67. The topological polar surface area (TPSA) is 110 Å². The van der Waals surface area contributed by atoms with E-state index in [1.165, 1.54) is 0 Å². The largest absolute Gasteiger partial charge is 0.502 e. The van der Waals surface area contributed by atoms with Crippen molar-refractivity contribution < 1.29 is 18.4 Å². The van der Waals surface area contributed by atoms with Gasteiger partial charge in [-0.3, -0.25) is 10.1 Å². The number of nitrogens with one attached hydrogen (secondary N) is 1. The Labute approximate surface area is 116 Å². The van der Waals surface area contributed by atoms with Gasteiger partial charge in [-0.15, -0.1) is 0 Å². The summed E-state index contributed by atoms with van der Waals surface area (Å²) < 4.78 is 27.0. The van der Waals surface area contributed by atoms with Crippen molar-refractivity contribution in [2.75, 3.05) is 0 Å². The van der Waals surface area contributed by atoms with Gasteiger partial charge in [0.1, 0.15) is 0 Å². The summed E-state index contributed by atoms with van der Waals surface area (Å²) in [5.41, 5.74) is -0.618. The van der Waals surface area contributed by atoms with Crippen LogP contribution in [0.3, 0.4) is 0 Å². The second-order valence-corrected chi connectivity index (χ2v) is 6.76. The van der Waals surface area contributed by atoms with Crippen LogP contribution in [0, 0.1) is 16.0 Å². The number of phenolic OH excluding ortho intramolecular Hbond substituents is 1. The predicted molar refractivity (Wildman–Crippen MR) is 71.9 cm³/mol. The summed E-state index contributed by atoms with van der Waals surface area (Å²) in [5.74, 6) is -0.305. The van der Waals surface area contributed by atoms with Gasteiger partial charge >= 0.3 is 5.69 Å². The summed E-state index contributed by atoms with van der Waals surface area (Å²) in [7, 11) is -3.81. The van der Waals surface area contributed by atoms with Gasteiger partial charge in [-0.1, -0.05) is 13.3 Å². The molecule has 1 saturated carbocycles. The van der Waals surface area contributed by atoms with Crippen LogP contribution >= 0.6 is 0 Å². The highest BCUT2D eigenvalue weighted by atomic mass is 32.2. The van der Waals surface area contributed by atoms with E-state index >= 15 is 0 Å². The summed E-state index contributed by atoms with van der Waals surface area (Å²) in [5, 5.41) is 20.1. The number of hydrogen-bond donors (Lipinski definition) is 2. The smallest absolute Gasteiger partial charge is 0.312 e. The van der Waals surface area contributed by atoms with Crippen LogP contribution < -0.4 is 4.72 Å². The molecule has 2 rings (SSSR count). The monoisotopic (exact) mass is 300 g/mol. The SMILES string of the molecule is CC1CCCC1NS(=O)(=O)c1ccc(O)c([N+](=O)[O-])c1. The van der Waals surface area contributed by atoms with E-state index in [2.05, 4.69) is 4.72 Å². The first kappa shape index (κ1) is 14.7. The molecule has 0 aromatic heterocycles. The molecule has 0 amide bonds. The third-order valence-corrected chi connectivity index (χ3v) is 5.11. The average molecular weight is 300 g/mol. The molecule has 1 aliphatic carbocycles. The fourth-order valence-electron chi connectivity index (χ4n) is 2.40. The molecule has 2 unspecified atom stereocenters. The van der Waals surface area contributed by atoms with Gasteiger partial charge in [-0.2, -0.15) is 0 Å². The Kier molecular flexibility index (Phi) is 3.96. The molecule has 20 heavy (non-hydrogen) atoms. The highest BCUT2D eigenvalue weighted by Crippen LogP contribution is 2.30. The average Bonchev–Trinajstić information content (AvgIpc) is 2.74. The van der Waals surface area contributed by atoms with Crippen LogP contribution in [0.1, 0.15) is 26.2 Å².